The van der Waals surface area contributed by atoms with E-state index in [0.29, 0.717) is 24.5 Å². The Hall–Kier alpha value is -0.730. The minimum absolute atomic E-state index is 0.0544. The Bertz CT molecular complexity index is 236. The number of hydrogen-bond acceptors (Lipinski definition) is 4. The Kier molecular flexibility index (Phi) is 7.18. The summed E-state index contributed by atoms with van der Waals surface area (Å²) < 4.78 is 0. The van der Waals surface area contributed by atoms with Gasteiger partial charge in [-0.25, -0.2) is 0 Å². The molecule has 4 nitrogen and oxygen atoms in total. The monoisotopic (exact) mass is 230 g/mol. The maximum Gasteiger partial charge on any atom is 0.230 e. The van der Waals surface area contributed by atoms with Crippen molar-refractivity contribution >= 4 is 17.7 Å². The number of nitriles is 1. The van der Waals surface area contributed by atoms with Gasteiger partial charge in [-0.2, -0.15) is 5.26 Å². The van der Waals surface area contributed by atoms with Crippen molar-refractivity contribution in [2.75, 3.05) is 24.7 Å². The van der Waals surface area contributed by atoms with Crippen molar-refractivity contribution in [1.29, 1.82) is 5.26 Å². The molecule has 1 amide bonds. The first kappa shape index (κ1) is 14.3. The summed E-state index contributed by atoms with van der Waals surface area (Å²) in [6.07, 6.45) is 0.665. The number of aliphatic hydroxyl groups excluding tert-OH is 1. The topological polar surface area (TPSA) is 73.1 Å². The highest BCUT2D eigenvalue weighted by molar-refractivity contribution is 8.00. The summed E-state index contributed by atoms with van der Waals surface area (Å²) in [5.74, 6) is 0.609. The summed E-state index contributed by atoms with van der Waals surface area (Å²) in [7, 11) is 0. The highest BCUT2D eigenvalue weighted by atomic mass is 32.2. The average molecular weight is 230 g/mol. The highest BCUT2D eigenvalue weighted by Crippen LogP contribution is 2.17. The van der Waals surface area contributed by atoms with Crippen LogP contribution in [0.25, 0.3) is 0 Å². The second-order valence-corrected chi connectivity index (χ2v) is 5.05. The third-order valence-electron chi connectivity index (χ3n) is 1.95. The first-order valence-electron chi connectivity index (χ1n) is 4.84. The van der Waals surface area contributed by atoms with Gasteiger partial charge in [0.1, 0.15) is 0 Å². The van der Waals surface area contributed by atoms with E-state index >= 15 is 0 Å². The van der Waals surface area contributed by atoms with Gasteiger partial charge >= 0.3 is 0 Å². The van der Waals surface area contributed by atoms with Gasteiger partial charge in [-0.3, -0.25) is 4.79 Å². The number of nitrogens with one attached hydrogen (secondary N) is 1. The van der Waals surface area contributed by atoms with Crippen molar-refractivity contribution in [3.05, 3.63) is 0 Å². The number of hydrogen-bond donors (Lipinski definition) is 2. The molecule has 0 aliphatic carbocycles. The van der Waals surface area contributed by atoms with Crippen molar-refractivity contribution in [2.24, 2.45) is 5.41 Å². The molecule has 0 saturated carbocycles. The minimum atomic E-state index is -0.0791. The van der Waals surface area contributed by atoms with Crippen molar-refractivity contribution in [3.63, 3.8) is 0 Å². The molecule has 86 valence electrons. The summed E-state index contributed by atoms with van der Waals surface area (Å²) in [5, 5.41) is 19.9. The van der Waals surface area contributed by atoms with E-state index in [2.05, 4.69) is 5.32 Å². The van der Waals surface area contributed by atoms with E-state index in [0.717, 1.165) is 0 Å². The SMILES string of the molecule is CC(C)(CCO)CNC(=O)CSCC#N. The first-order chi connectivity index (χ1) is 7.02. The first-order valence-corrected chi connectivity index (χ1v) is 5.99. The molecule has 15 heavy (non-hydrogen) atoms. The van der Waals surface area contributed by atoms with Crippen LogP contribution in [0.15, 0.2) is 0 Å². The summed E-state index contributed by atoms with van der Waals surface area (Å²) in [4.78, 5) is 11.3. The molecule has 0 atom stereocenters. The minimum Gasteiger partial charge on any atom is -0.396 e. The van der Waals surface area contributed by atoms with Crippen LogP contribution in [0, 0.1) is 16.7 Å². The molecule has 0 aromatic carbocycles. The van der Waals surface area contributed by atoms with Crippen LogP contribution >= 0.6 is 11.8 Å². The normalized spacial score (nSPS) is 10.8. The van der Waals surface area contributed by atoms with Gasteiger partial charge in [0.25, 0.3) is 0 Å². The third kappa shape index (κ3) is 8.28. The zero-order valence-corrected chi connectivity index (χ0v) is 10.1. The molecule has 2 N–H and O–H groups in total. The largest absolute Gasteiger partial charge is 0.396 e. The van der Waals surface area contributed by atoms with Gasteiger partial charge in [-0.15, -0.1) is 11.8 Å². The van der Waals surface area contributed by atoms with Crippen LogP contribution in [0.1, 0.15) is 20.3 Å². The van der Waals surface area contributed by atoms with Crippen LogP contribution < -0.4 is 5.32 Å². The Morgan fingerprint density at radius 2 is 2.27 bits per heavy atom. The zero-order chi connectivity index (χ0) is 11.7. The second kappa shape index (κ2) is 7.55. The van der Waals surface area contributed by atoms with Gasteiger partial charge in [-0.05, 0) is 11.8 Å². The average Bonchev–Trinajstić information content (AvgIpc) is 2.15. The van der Waals surface area contributed by atoms with Crippen molar-refractivity contribution in [2.45, 2.75) is 20.3 Å². The fourth-order valence-corrected chi connectivity index (χ4v) is 1.45. The predicted octanol–water partition coefficient (Wildman–Crippen LogP) is 0.768. The Balaban J connectivity index is 3.66. The van der Waals surface area contributed by atoms with Crippen LogP contribution in [0.5, 0.6) is 0 Å². The van der Waals surface area contributed by atoms with Crippen molar-refractivity contribution < 1.29 is 9.90 Å². The van der Waals surface area contributed by atoms with Gasteiger partial charge in [0.05, 0.1) is 17.6 Å². The van der Waals surface area contributed by atoms with E-state index in [9.17, 15) is 4.79 Å². The van der Waals surface area contributed by atoms with Gasteiger partial charge < -0.3 is 10.4 Å². The number of carbonyl (C=O) groups is 1. The highest BCUT2D eigenvalue weighted by Gasteiger charge is 2.17. The molecule has 0 saturated heterocycles. The lowest BCUT2D eigenvalue weighted by molar-refractivity contribution is -0.119. The van der Waals surface area contributed by atoms with Crippen LogP contribution in [0.3, 0.4) is 0 Å². The summed E-state index contributed by atoms with van der Waals surface area (Å²) in [5.41, 5.74) is -0.0791. The molecule has 0 aliphatic rings. The lowest BCUT2D eigenvalue weighted by Crippen LogP contribution is -2.35. The van der Waals surface area contributed by atoms with Crippen LogP contribution in [-0.4, -0.2) is 35.7 Å². The molecule has 0 aromatic heterocycles. The molecule has 0 spiro atoms. The molecule has 0 aliphatic heterocycles. The maximum absolute atomic E-state index is 11.3. The number of carbonyl (C=O) groups excluding carboxylic acids is 1. The number of thioether (sulfide) groups is 1. The lowest BCUT2D eigenvalue weighted by Gasteiger charge is -2.23. The van der Waals surface area contributed by atoms with E-state index < -0.39 is 0 Å². The predicted molar refractivity (Wildman–Crippen MR) is 61.4 cm³/mol. The quantitative estimate of drug-likeness (QED) is 0.634. The number of aliphatic hydroxyl groups is 1. The number of amides is 1. The van der Waals surface area contributed by atoms with Gasteiger partial charge in [0.2, 0.25) is 5.91 Å². The van der Waals surface area contributed by atoms with Gasteiger partial charge in [0, 0.05) is 13.2 Å². The number of nitrogens with zero attached hydrogens (tertiary/aromatic N) is 1. The summed E-state index contributed by atoms with van der Waals surface area (Å²) >= 11 is 1.30. The molecular weight excluding hydrogens is 212 g/mol. The van der Waals surface area contributed by atoms with Crippen molar-refractivity contribution in [3.8, 4) is 6.07 Å². The van der Waals surface area contributed by atoms with Gasteiger partial charge in [-0.1, -0.05) is 13.8 Å². The fraction of sp³-hybridized carbons (Fsp3) is 0.800. The molecule has 5 heteroatoms. The van der Waals surface area contributed by atoms with Gasteiger partial charge in [0.15, 0.2) is 0 Å². The number of rotatable bonds is 7. The maximum atomic E-state index is 11.3. The molecule has 0 bridgehead atoms. The Morgan fingerprint density at radius 1 is 1.60 bits per heavy atom. The van der Waals surface area contributed by atoms with E-state index in [4.69, 9.17) is 10.4 Å². The third-order valence-corrected chi connectivity index (χ3v) is 2.75. The molecule has 0 fully saturated rings. The molecule has 0 radical (unpaired) electrons. The molecule has 0 aromatic rings. The standard InChI is InChI=1S/C10H18N2O2S/c1-10(2,3-5-13)8-12-9(14)7-15-6-4-11/h13H,3,5-8H2,1-2H3,(H,12,14). The molecule has 0 heterocycles. The summed E-state index contributed by atoms with van der Waals surface area (Å²) in [6, 6.07) is 1.97. The molecular formula is C10H18N2O2S. The molecule has 0 rings (SSSR count). The second-order valence-electron chi connectivity index (χ2n) is 4.07. The van der Waals surface area contributed by atoms with Crippen LogP contribution in [0.2, 0.25) is 0 Å². The van der Waals surface area contributed by atoms with Crippen LogP contribution in [-0.2, 0) is 4.79 Å². The molecule has 0 unspecified atom stereocenters. The Labute approximate surface area is 95.0 Å². The van der Waals surface area contributed by atoms with Crippen molar-refractivity contribution in [1.82, 2.24) is 5.32 Å². The van der Waals surface area contributed by atoms with Crippen LogP contribution in [0.4, 0.5) is 0 Å². The Morgan fingerprint density at radius 3 is 2.80 bits per heavy atom. The summed E-state index contributed by atoms with van der Waals surface area (Å²) in [6.45, 7) is 4.67. The van der Waals surface area contributed by atoms with E-state index in [1.807, 2.05) is 19.9 Å². The van der Waals surface area contributed by atoms with E-state index in [1.165, 1.54) is 11.8 Å². The smallest absolute Gasteiger partial charge is 0.230 e. The fourth-order valence-electron chi connectivity index (χ4n) is 0.969. The zero-order valence-electron chi connectivity index (χ0n) is 9.25. The lowest BCUT2D eigenvalue weighted by atomic mass is 9.90. The van der Waals surface area contributed by atoms with E-state index in [1.54, 1.807) is 0 Å². The van der Waals surface area contributed by atoms with E-state index in [-0.39, 0.29) is 17.9 Å².